The van der Waals surface area contributed by atoms with Crippen molar-refractivity contribution >= 4 is 50.3 Å². The third kappa shape index (κ3) is 3.73. The zero-order chi connectivity index (χ0) is 20.9. The highest BCUT2D eigenvalue weighted by Gasteiger charge is 2.30. The Morgan fingerprint density at radius 3 is 2.83 bits per heavy atom. The first kappa shape index (κ1) is 20.2. The maximum atomic E-state index is 13.1. The van der Waals surface area contributed by atoms with Gasteiger partial charge in [-0.3, -0.25) is 14.2 Å². The van der Waals surface area contributed by atoms with Crippen LogP contribution < -0.4 is 10.9 Å². The number of halogens is 1. The molecule has 1 amide bonds. The number of benzene rings is 1. The van der Waals surface area contributed by atoms with Crippen LogP contribution in [0.4, 0.5) is 5.69 Å². The zero-order valence-corrected chi connectivity index (χ0v) is 19.1. The Labute approximate surface area is 181 Å². The van der Waals surface area contributed by atoms with Gasteiger partial charge in [0.05, 0.1) is 17.8 Å². The largest absolute Gasteiger partial charge is 0.326 e. The Kier molecular flexibility index (Phi) is 5.06. The molecule has 1 unspecified atom stereocenters. The van der Waals surface area contributed by atoms with Crippen molar-refractivity contribution in [1.29, 1.82) is 0 Å². The van der Waals surface area contributed by atoms with Gasteiger partial charge >= 0.3 is 0 Å². The molecule has 3 aromatic rings. The average molecular weight is 476 g/mol. The summed E-state index contributed by atoms with van der Waals surface area (Å²) in [5.41, 5.74) is 1.97. The minimum Gasteiger partial charge on any atom is -0.326 e. The molecule has 0 aliphatic carbocycles. The first-order valence-corrected chi connectivity index (χ1v) is 11.1. The van der Waals surface area contributed by atoms with Crippen molar-refractivity contribution in [3.05, 3.63) is 44.8 Å². The van der Waals surface area contributed by atoms with Crippen LogP contribution in [0.15, 0.2) is 38.8 Å². The number of anilines is 1. The Balaban J connectivity index is 1.60. The standard InChI is InChI=1S/C20H22BrN5O2S/c1-11-7-12(5-6-15(11)21)23-16(27)8-13-10-29-19-24-17-14(18(28)25(13)19)9-22-26(17)20(2,3)4/h5-7,9,13H,8,10H2,1-4H3,(H,23,27). The first-order chi connectivity index (χ1) is 13.6. The number of nitrogens with one attached hydrogen (secondary N) is 1. The van der Waals surface area contributed by atoms with Crippen molar-refractivity contribution < 1.29 is 4.79 Å². The van der Waals surface area contributed by atoms with Gasteiger partial charge < -0.3 is 5.32 Å². The molecule has 0 radical (unpaired) electrons. The zero-order valence-electron chi connectivity index (χ0n) is 16.7. The Bertz CT molecular complexity index is 1180. The first-order valence-electron chi connectivity index (χ1n) is 9.34. The van der Waals surface area contributed by atoms with Gasteiger partial charge in [0, 0.05) is 22.3 Å². The number of rotatable bonds is 3. The summed E-state index contributed by atoms with van der Waals surface area (Å²) in [6.45, 7) is 8.04. The van der Waals surface area contributed by atoms with Crippen molar-refractivity contribution in [1.82, 2.24) is 19.3 Å². The molecule has 1 aliphatic heterocycles. The third-order valence-electron chi connectivity index (χ3n) is 4.87. The van der Waals surface area contributed by atoms with Gasteiger partial charge in [0.2, 0.25) is 5.91 Å². The van der Waals surface area contributed by atoms with Crippen LogP contribution in [0.2, 0.25) is 0 Å². The van der Waals surface area contributed by atoms with Gasteiger partial charge in [-0.15, -0.1) is 0 Å². The van der Waals surface area contributed by atoms with E-state index in [0.717, 1.165) is 15.7 Å². The highest BCUT2D eigenvalue weighted by molar-refractivity contribution is 9.10. The molecule has 1 aliphatic rings. The molecule has 0 saturated heterocycles. The van der Waals surface area contributed by atoms with Gasteiger partial charge in [-0.05, 0) is 51.5 Å². The molecular weight excluding hydrogens is 454 g/mol. The molecule has 29 heavy (non-hydrogen) atoms. The van der Waals surface area contributed by atoms with Gasteiger partial charge in [-0.25, -0.2) is 9.67 Å². The molecule has 2 aromatic heterocycles. The topological polar surface area (TPSA) is 81.8 Å². The van der Waals surface area contributed by atoms with Crippen LogP contribution in [0.25, 0.3) is 11.0 Å². The van der Waals surface area contributed by atoms with E-state index in [1.165, 1.54) is 11.8 Å². The highest BCUT2D eigenvalue weighted by atomic mass is 79.9. The number of fused-ring (bicyclic) bond motifs is 2. The van der Waals surface area contributed by atoms with Crippen molar-refractivity contribution in [2.75, 3.05) is 11.1 Å². The second kappa shape index (κ2) is 7.28. The minimum atomic E-state index is -0.272. The summed E-state index contributed by atoms with van der Waals surface area (Å²) in [5, 5.41) is 8.43. The minimum absolute atomic E-state index is 0.123. The number of amides is 1. The molecule has 152 valence electrons. The Morgan fingerprint density at radius 2 is 2.14 bits per heavy atom. The van der Waals surface area contributed by atoms with Crippen LogP contribution in [0.5, 0.6) is 0 Å². The van der Waals surface area contributed by atoms with E-state index in [2.05, 4.69) is 26.3 Å². The highest BCUT2D eigenvalue weighted by Crippen LogP contribution is 2.34. The van der Waals surface area contributed by atoms with E-state index >= 15 is 0 Å². The summed E-state index contributed by atoms with van der Waals surface area (Å²) in [5.74, 6) is 0.521. The number of carbonyl (C=O) groups excluding carboxylic acids is 1. The van der Waals surface area contributed by atoms with Gasteiger partial charge in [0.25, 0.3) is 5.56 Å². The second-order valence-electron chi connectivity index (χ2n) is 8.22. The number of carbonyl (C=O) groups is 1. The van der Waals surface area contributed by atoms with E-state index < -0.39 is 0 Å². The van der Waals surface area contributed by atoms with Crippen molar-refractivity contribution in [2.45, 2.75) is 50.9 Å². The molecule has 3 heterocycles. The SMILES string of the molecule is Cc1cc(NC(=O)CC2CSc3nc4c(cnn4C(C)(C)C)c(=O)n32)ccc1Br. The van der Waals surface area contributed by atoms with E-state index in [1.54, 1.807) is 15.4 Å². The van der Waals surface area contributed by atoms with Gasteiger partial charge in [0.15, 0.2) is 10.8 Å². The number of aryl methyl sites for hydroxylation is 1. The quantitative estimate of drug-likeness (QED) is 0.576. The fourth-order valence-electron chi connectivity index (χ4n) is 3.42. The molecule has 7 nitrogen and oxygen atoms in total. The molecule has 9 heteroatoms. The number of hydrogen-bond acceptors (Lipinski definition) is 5. The normalized spacial score (nSPS) is 16.2. The molecule has 4 rings (SSSR count). The van der Waals surface area contributed by atoms with Crippen LogP contribution >= 0.6 is 27.7 Å². The maximum Gasteiger partial charge on any atom is 0.265 e. The van der Waals surface area contributed by atoms with E-state index in [1.807, 2.05) is 45.9 Å². The van der Waals surface area contributed by atoms with E-state index in [4.69, 9.17) is 4.98 Å². The van der Waals surface area contributed by atoms with Crippen LogP contribution in [0.3, 0.4) is 0 Å². The summed E-state index contributed by atoms with van der Waals surface area (Å²) in [7, 11) is 0. The molecule has 1 N–H and O–H groups in total. The summed E-state index contributed by atoms with van der Waals surface area (Å²) < 4.78 is 4.42. The fraction of sp³-hybridized carbons (Fsp3) is 0.400. The molecule has 1 aromatic carbocycles. The van der Waals surface area contributed by atoms with Gasteiger partial charge in [0.1, 0.15) is 5.39 Å². The maximum absolute atomic E-state index is 13.1. The predicted molar refractivity (Wildman–Crippen MR) is 119 cm³/mol. The van der Waals surface area contributed by atoms with Crippen molar-refractivity contribution in [3.8, 4) is 0 Å². The summed E-state index contributed by atoms with van der Waals surface area (Å²) >= 11 is 4.96. The number of thioether (sulfide) groups is 1. The average Bonchev–Trinajstić information content (AvgIpc) is 3.23. The lowest BCUT2D eigenvalue weighted by molar-refractivity contribution is -0.116. The summed E-state index contributed by atoms with van der Waals surface area (Å²) in [4.78, 5) is 30.4. The van der Waals surface area contributed by atoms with E-state index in [9.17, 15) is 9.59 Å². The van der Waals surface area contributed by atoms with Crippen molar-refractivity contribution in [3.63, 3.8) is 0 Å². The van der Waals surface area contributed by atoms with Gasteiger partial charge in [-0.2, -0.15) is 5.10 Å². The summed E-state index contributed by atoms with van der Waals surface area (Å²) in [6.07, 6.45) is 1.80. The Morgan fingerprint density at radius 1 is 1.38 bits per heavy atom. The second-order valence-corrected chi connectivity index (χ2v) is 10.1. The summed E-state index contributed by atoms with van der Waals surface area (Å²) in [6, 6.07) is 5.44. The van der Waals surface area contributed by atoms with Crippen molar-refractivity contribution in [2.24, 2.45) is 0 Å². The molecule has 0 fully saturated rings. The molecule has 0 spiro atoms. The Hall–Kier alpha value is -2.13. The van der Waals surface area contributed by atoms with Crippen LogP contribution in [0.1, 0.15) is 38.8 Å². The smallest absolute Gasteiger partial charge is 0.265 e. The predicted octanol–water partition coefficient (Wildman–Crippen LogP) is 4.09. The fourth-order valence-corrected chi connectivity index (χ4v) is 4.80. The molecular formula is C20H22BrN5O2S. The number of hydrogen-bond donors (Lipinski definition) is 1. The molecule has 1 atom stereocenters. The number of nitrogens with zero attached hydrogens (tertiary/aromatic N) is 4. The van der Waals surface area contributed by atoms with Gasteiger partial charge in [-0.1, -0.05) is 27.7 Å². The number of aromatic nitrogens is 4. The lowest BCUT2D eigenvalue weighted by Gasteiger charge is -2.20. The lowest BCUT2D eigenvalue weighted by atomic mass is 10.1. The lowest BCUT2D eigenvalue weighted by Crippen LogP contribution is -2.29. The van der Waals surface area contributed by atoms with Crippen LogP contribution in [0, 0.1) is 6.92 Å². The van der Waals surface area contributed by atoms with E-state index in [0.29, 0.717) is 21.9 Å². The third-order valence-corrected chi connectivity index (χ3v) is 6.86. The monoisotopic (exact) mass is 475 g/mol. The van der Waals surface area contributed by atoms with Crippen LogP contribution in [-0.2, 0) is 10.3 Å². The molecule has 0 bridgehead atoms. The van der Waals surface area contributed by atoms with Crippen LogP contribution in [-0.4, -0.2) is 31.0 Å². The van der Waals surface area contributed by atoms with E-state index in [-0.39, 0.29) is 29.5 Å². The molecule has 0 saturated carbocycles.